The third-order valence-electron chi connectivity index (χ3n) is 3.56. The van der Waals surface area contributed by atoms with Gasteiger partial charge in [0.1, 0.15) is 5.75 Å². The van der Waals surface area contributed by atoms with Crippen LogP contribution < -0.4 is 10.6 Å². The number of hydrogen-bond acceptors (Lipinski definition) is 6. The number of halogens is 1. The molecule has 24 heavy (non-hydrogen) atoms. The van der Waals surface area contributed by atoms with E-state index in [4.69, 9.17) is 11.6 Å². The summed E-state index contributed by atoms with van der Waals surface area (Å²) in [7, 11) is 2.02. The molecule has 2 aromatic rings. The van der Waals surface area contributed by atoms with Crippen LogP contribution in [0.15, 0.2) is 18.2 Å². The van der Waals surface area contributed by atoms with Gasteiger partial charge in [0.2, 0.25) is 0 Å². The molecule has 1 aromatic heterocycles. The van der Waals surface area contributed by atoms with Crippen LogP contribution in [0.5, 0.6) is 5.75 Å². The van der Waals surface area contributed by atoms with E-state index in [9.17, 15) is 14.7 Å². The third-order valence-corrected chi connectivity index (χ3v) is 4.79. The predicted octanol–water partition coefficient (Wildman–Crippen LogP) is 2.07. The smallest absolute Gasteiger partial charge is 0.315 e. The number of phenols is 1. The highest BCUT2D eigenvalue weighted by atomic mass is 35.5. The Morgan fingerprint density at radius 1 is 1.33 bits per heavy atom. The Morgan fingerprint density at radius 3 is 2.88 bits per heavy atom. The lowest BCUT2D eigenvalue weighted by Gasteiger charge is -2.20. The second-order valence-corrected chi connectivity index (χ2v) is 6.97. The molecule has 1 aliphatic heterocycles. The quantitative estimate of drug-likeness (QED) is 0.558. The fourth-order valence-electron chi connectivity index (χ4n) is 2.32. The highest BCUT2D eigenvalue weighted by Crippen LogP contribution is 2.28. The number of fused-ring (bicyclic) bond motifs is 1. The molecule has 126 valence electrons. The number of anilines is 2. The van der Waals surface area contributed by atoms with E-state index in [1.165, 1.54) is 29.5 Å². The number of benzene rings is 1. The van der Waals surface area contributed by atoms with Crippen molar-refractivity contribution < 1.29 is 14.7 Å². The van der Waals surface area contributed by atoms with Crippen LogP contribution in [0.25, 0.3) is 0 Å². The molecule has 1 aliphatic rings. The highest BCUT2D eigenvalue weighted by molar-refractivity contribution is 7.16. The van der Waals surface area contributed by atoms with Crippen molar-refractivity contribution >= 4 is 45.6 Å². The molecule has 0 saturated carbocycles. The molecule has 0 aliphatic carbocycles. The summed E-state index contributed by atoms with van der Waals surface area (Å²) >= 11 is 7.17. The normalized spacial score (nSPS) is 14.1. The van der Waals surface area contributed by atoms with Gasteiger partial charge < -0.3 is 15.3 Å². The number of phenolic OH excluding ortho intramolecular Hbond substituents is 1. The maximum atomic E-state index is 12.0. The first-order chi connectivity index (χ1) is 11.4. The minimum atomic E-state index is -0.905. The molecular formula is C15H15ClN4O3S. The van der Waals surface area contributed by atoms with Crippen LogP contribution in [0.3, 0.4) is 0 Å². The van der Waals surface area contributed by atoms with E-state index in [2.05, 4.69) is 20.5 Å². The second-order valence-electron chi connectivity index (χ2n) is 5.45. The van der Waals surface area contributed by atoms with Crippen LogP contribution in [0.4, 0.5) is 10.8 Å². The molecule has 0 saturated heterocycles. The van der Waals surface area contributed by atoms with E-state index >= 15 is 0 Å². The maximum Gasteiger partial charge on any atom is 0.315 e. The first-order valence-electron chi connectivity index (χ1n) is 7.20. The van der Waals surface area contributed by atoms with Gasteiger partial charge in [-0.1, -0.05) is 11.6 Å². The fraction of sp³-hybridized carbons (Fsp3) is 0.267. The minimum Gasteiger partial charge on any atom is -0.506 e. The first-order valence-corrected chi connectivity index (χ1v) is 8.40. The largest absolute Gasteiger partial charge is 0.506 e. The van der Waals surface area contributed by atoms with E-state index in [-0.39, 0.29) is 11.4 Å². The Hall–Kier alpha value is -2.16. The van der Waals surface area contributed by atoms with Gasteiger partial charge in [-0.25, -0.2) is 4.98 Å². The van der Waals surface area contributed by atoms with Crippen LogP contribution >= 0.6 is 22.9 Å². The molecule has 3 rings (SSSR count). The molecule has 0 radical (unpaired) electrons. The zero-order chi connectivity index (χ0) is 17.3. The van der Waals surface area contributed by atoms with Crippen LogP contribution in [0, 0.1) is 0 Å². The van der Waals surface area contributed by atoms with Crippen molar-refractivity contribution in [3.63, 3.8) is 0 Å². The van der Waals surface area contributed by atoms with Crippen LogP contribution in [-0.2, 0) is 22.6 Å². The molecule has 0 spiro atoms. The van der Waals surface area contributed by atoms with Crippen molar-refractivity contribution in [2.24, 2.45) is 0 Å². The summed E-state index contributed by atoms with van der Waals surface area (Å²) in [5.41, 5.74) is 1.03. The Kier molecular flexibility index (Phi) is 4.70. The topological polar surface area (TPSA) is 94.6 Å². The zero-order valence-corrected chi connectivity index (χ0v) is 14.4. The van der Waals surface area contributed by atoms with E-state index in [0.717, 1.165) is 30.1 Å². The van der Waals surface area contributed by atoms with Gasteiger partial charge in [-0.15, -0.1) is 11.3 Å². The van der Waals surface area contributed by atoms with Crippen molar-refractivity contribution in [2.75, 3.05) is 24.2 Å². The summed E-state index contributed by atoms with van der Waals surface area (Å²) in [4.78, 5) is 31.6. The number of carbonyl (C=O) groups is 2. The van der Waals surface area contributed by atoms with E-state index < -0.39 is 11.8 Å². The molecule has 0 bridgehead atoms. The molecule has 0 unspecified atom stereocenters. The van der Waals surface area contributed by atoms with E-state index in [1.807, 2.05) is 7.05 Å². The Labute approximate surface area is 147 Å². The third kappa shape index (κ3) is 3.66. The lowest BCUT2D eigenvalue weighted by atomic mass is 10.2. The predicted molar refractivity (Wildman–Crippen MR) is 92.5 cm³/mol. The summed E-state index contributed by atoms with van der Waals surface area (Å²) in [6, 6.07) is 4.17. The summed E-state index contributed by atoms with van der Waals surface area (Å²) in [5.74, 6) is -1.93. The number of rotatable bonds is 2. The van der Waals surface area contributed by atoms with Gasteiger partial charge in [0, 0.05) is 29.4 Å². The SMILES string of the molecule is CN1CCc2nc(NC(=O)C(=O)Nc3cc(Cl)ccc3O)sc2C1. The second kappa shape index (κ2) is 6.76. The van der Waals surface area contributed by atoms with Crippen molar-refractivity contribution in [3.05, 3.63) is 33.8 Å². The van der Waals surface area contributed by atoms with Crippen molar-refractivity contribution in [1.29, 1.82) is 0 Å². The van der Waals surface area contributed by atoms with E-state index in [1.54, 1.807) is 0 Å². The number of nitrogens with one attached hydrogen (secondary N) is 2. The summed E-state index contributed by atoms with van der Waals surface area (Å²) in [6.45, 7) is 1.70. The van der Waals surface area contributed by atoms with Crippen molar-refractivity contribution in [1.82, 2.24) is 9.88 Å². The van der Waals surface area contributed by atoms with Gasteiger partial charge in [0.05, 0.1) is 11.4 Å². The summed E-state index contributed by atoms with van der Waals surface area (Å²) in [6.07, 6.45) is 0.820. The fourth-order valence-corrected chi connectivity index (χ4v) is 3.57. The van der Waals surface area contributed by atoms with Crippen molar-refractivity contribution in [3.8, 4) is 5.75 Å². The van der Waals surface area contributed by atoms with Gasteiger partial charge in [-0.3, -0.25) is 14.9 Å². The van der Waals surface area contributed by atoms with Crippen LogP contribution in [-0.4, -0.2) is 40.4 Å². The summed E-state index contributed by atoms with van der Waals surface area (Å²) in [5, 5.41) is 15.2. The molecule has 2 amide bonds. The molecule has 7 nitrogen and oxygen atoms in total. The Morgan fingerprint density at radius 2 is 2.08 bits per heavy atom. The number of aromatic nitrogens is 1. The number of aromatic hydroxyl groups is 1. The monoisotopic (exact) mass is 366 g/mol. The number of carbonyl (C=O) groups excluding carboxylic acids is 2. The van der Waals surface area contributed by atoms with Gasteiger partial charge in [-0.05, 0) is 25.2 Å². The van der Waals surface area contributed by atoms with Gasteiger partial charge in [-0.2, -0.15) is 0 Å². The van der Waals surface area contributed by atoms with Gasteiger partial charge in [0.25, 0.3) is 0 Å². The number of likely N-dealkylation sites (N-methyl/N-ethyl adjacent to an activating group) is 1. The number of hydrogen-bond donors (Lipinski definition) is 3. The Balaban J connectivity index is 1.66. The molecular weight excluding hydrogens is 352 g/mol. The lowest BCUT2D eigenvalue weighted by Crippen LogP contribution is -2.29. The molecule has 0 atom stereocenters. The lowest BCUT2D eigenvalue weighted by molar-refractivity contribution is -0.133. The number of nitrogens with zero attached hydrogens (tertiary/aromatic N) is 2. The Bertz CT molecular complexity index is 808. The van der Waals surface area contributed by atoms with Crippen LogP contribution in [0.2, 0.25) is 5.02 Å². The number of thiazole rings is 1. The first kappa shape index (κ1) is 16.7. The molecule has 3 N–H and O–H groups in total. The minimum absolute atomic E-state index is 0.0720. The molecule has 1 aromatic carbocycles. The highest BCUT2D eigenvalue weighted by Gasteiger charge is 2.21. The maximum absolute atomic E-state index is 12.0. The standard InChI is InChI=1S/C15H15ClN4O3S/c1-20-5-4-9-12(7-20)24-15(18-9)19-14(23)13(22)17-10-6-8(16)2-3-11(10)21/h2-3,6,21H,4-5,7H2,1H3,(H,17,22)(H,18,19,23). The average molecular weight is 367 g/mol. The van der Waals surface area contributed by atoms with Crippen molar-refractivity contribution in [2.45, 2.75) is 13.0 Å². The van der Waals surface area contributed by atoms with Gasteiger partial charge >= 0.3 is 11.8 Å². The summed E-state index contributed by atoms with van der Waals surface area (Å²) < 4.78 is 0. The van der Waals surface area contributed by atoms with Gasteiger partial charge in [0.15, 0.2) is 5.13 Å². The molecule has 0 fully saturated rings. The van der Waals surface area contributed by atoms with E-state index in [0.29, 0.717) is 10.2 Å². The molecule has 2 heterocycles. The van der Waals surface area contributed by atoms with Crippen LogP contribution in [0.1, 0.15) is 10.6 Å². The average Bonchev–Trinajstić information content (AvgIpc) is 2.92. The zero-order valence-electron chi connectivity index (χ0n) is 12.8. The molecule has 9 heteroatoms. The number of amides is 2.